The van der Waals surface area contributed by atoms with E-state index < -0.39 is 0 Å². The van der Waals surface area contributed by atoms with Crippen LogP contribution in [0.25, 0.3) is 0 Å². The second-order valence-electron chi connectivity index (χ2n) is 6.68. The Hall–Kier alpha value is -2.17. The van der Waals surface area contributed by atoms with Crippen LogP contribution >= 0.6 is 0 Å². The molecule has 0 spiro atoms. The third-order valence-corrected chi connectivity index (χ3v) is 4.62. The maximum absolute atomic E-state index is 11.7. The van der Waals surface area contributed by atoms with Gasteiger partial charge in [-0.3, -0.25) is 4.90 Å². The summed E-state index contributed by atoms with van der Waals surface area (Å²) >= 11 is 0. The Morgan fingerprint density at radius 1 is 1.20 bits per heavy atom. The molecule has 1 aliphatic rings. The van der Waals surface area contributed by atoms with Crippen molar-refractivity contribution in [3.05, 3.63) is 70.8 Å². The van der Waals surface area contributed by atoms with Gasteiger partial charge in [0.15, 0.2) is 0 Å². The highest BCUT2D eigenvalue weighted by Crippen LogP contribution is 2.29. The maximum atomic E-state index is 11.7. The Morgan fingerprint density at radius 2 is 1.96 bits per heavy atom. The number of rotatable bonds is 4. The Bertz CT molecular complexity index is 729. The molecule has 2 aromatic carbocycles. The van der Waals surface area contributed by atoms with E-state index in [1.165, 1.54) is 12.7 Å². The van der Waals surface area contributed by atoms with E-state index in [1.54, 1.807) is 0 Å². The van der Waals surface area contributed by atoms with Gasteiger partial charge in [0.05, 0.1) is 24.9 Å². The lowest BCUT2D eigenvalue weighted by molar-refractivity contribution is -0.0816. The molecule has 2 atom stereocenters. The predicted molar refractivity (Wildman–Crippen MR) is 97.5 cm³/mol. The average Bonchev–Trinajstić information content (AvgIpc) is 2.61. The van der Waals surface area contributed by atoms with E-state index in [0.29, 0.717) is 5.56 Å². The Labute approximate surface area is 149 Å². The topological polar surface area (TPSA) is 38.8 Å². The van der Waals surface area contributed by atoms with Crippen LogP contribution in [-0.4, -0.2) is 37.2 Å². The lowest BCUT2D eigenvalue weighted by atomic mass is 9.98. The van der Waals surface area contributed by atoms with E-state index in [1.807, 2.05) is 31.2 Å². The molecule has 0 bridgehead atoms. The fourth-order valence-corrected chi connectivity index (χ4v) is 3.46. The summed E-state index contributed by atoms with van der Waals surface area (Å²) in [7, 11) is 1.40. The van der Waals surface area contributed by atoms with Crippen molar-refractivity contribution in [3.8, 4) is 0 Å². The van der Waals surface area contributed by atoms with Gasteiger partial charge in [-0.25, -0.2) is 4.79 Å². The first-order chi connectivity index (χ1) is 12.1. The monoisotopic (exact) mass is 339 g/mol. The van der Waals surface area contributed by atoms with E-state index in [9.17, 15) is 4.79 Å². The van der Waals surface area contributed by atoms with Gasteiger partial charge in [-0.15, -0.1) is 0 Å². The van der Waals surface area contributed by atoms with E-state index in [2.05, 4.69) is 36.1 Å². The number of morpholine rings is 1. The van der Waals surface area contributed by atoms with Crippen molar-refractivity contribution in [3.63, 3.8) is 0 Å². The zero-order chi connectivity index (χ0) is 17.8. The van der Waals surface area contributed by atoms with E-state index in [0.717, 1.165) is 30.8 Å². The van der Waals surface area contributed by atoms with Crippen LogP contribution in [0.5, 0.6) is 0 Å². The van der Waals surface area contributed by atoms with Crippen molar-refractivity contribution >= 4 is 5.97 Å². The van der Waals surface area contributed by atoms with Crippen LogP contribution in [0.4, 0.5) is 0 Å². The lowest BCUT2D eigenvalue weighted by Crippen LogP contribution is -2.42. The SMILES string of the molecule is COC(=O)c1ccc([C@@H]2CN(Cc3ccccc3)C[C@H](C)O2)c(C)c1. The standard InChI is InChI=1S/C21H25NO3/c1-15-11-18(21(23)24-3)9-10-19(15)20-14-22(12-16(2)25-20)13-17-7-5-4-6-8-17/h4-11,16,20H,12-14H2,1-3H3/t16-,20-/m0/s1. The average molecular weight is 339 g/mol. The summed E-state index contributed by atoms with van der Waals surface area (Å²) in [4.78, 5) is 14.1. The number of aryl methyl sites for hydroxylation is 1. The van der Waals surface area contributed by atoms with Gasteiger partial charge in [-0.1, -0.05) is 36.4 Å². The Balaban J connectivity index is 1.76. The molecule has 0 N–H and O–H groups in total. The first-order valence-corrected chi connectivity index (χ1v) is 8.67. The van der Waals surface area contributed by atoms with Crippen LogP contribution in [0, 0.1) is 6.92 Å². The summed E-state index contributed by atoms with van der Waals surface area (Å²) in [6.45, 7) is 6.82. The van der Waals surface area contributed by atoms with E-state index in [-0.39, 0.29) is 18.2 Å². The molecule has 1 heterocycles. The van der Waals surface area contributed by atoms with Gasteiger partial charge in [0.2, 0.25) is 0 Å². The summed E-state index contributed by atoms with van der Waals surface area (Å²) in [6.07, 6.45) is 0.182. The smallest absolute Gasteiger partial charge is 0.337 e. The van der Waals surface area contributed by atoms with Crippen LogP contribution in [0.1, 0.15) is 40.1 Å². The first-order valence-electron chi connectivity index (χ1n) is 8.67. The van der Waals surface area contributed by atoms with Gasteiger partial charge in [0.1, 0.15) is 0 Å². The molecule has 1 aliphatic heterocycles. The molecule has 3 rings (SSSR count). The summed E-state index contributed by atoms with van der Waals surface area (Å²) in [5.41, 5.74) is 4.08. The van der Waals surface area contributed by atoms with E-state index in [4.69, 9.17) is 9.47 Å². The lowest BCUT2D eigenvalue weighted by Gasteiger charge is -2.37. The fraction of sp³-hybridized carbons (Fsp3) is 0.381. The summed E-state index contributed by atoms with van der Waals surface area (Å²) < 4.78 is 11.0. The number of hydrogen-bond acceptors (Lipinski definition) is 4. The maximum Gasteiger partial charge on any atom is 0.337 e. The number of carbonyl (C=O) groups is 1. The summed E-state index contributed by atoms with van der Waals surface area (Å²) in [6, 6.07) is 16.2. The molecule has 25 heavy (non-hydrogen) atoms. The molecule has 2 aromatic rings. The molecule has 0 aromatic heterocycles. The number of methoxy groups -OCH3 is 1. The Morgan fingerprint density at radius 3 is 2.64 bits per heavy atom. The summed E-state index contributed by atoms with van der Waals surface area (Å²) in [5.74, 6) is -0.307. The molecular formula is C21H25NO3. The van der Waals surface area contributed by atoms with Crippen molar-refractivity contribution in [1.29, 1.82) is 0 Å². The highest BCUT2D eigenvalue weighted by Gasteiger charge is 2.27. The molecule has 0 saturated carbocycles. The molecule has 0 aliphatic carbocycles. The summed E-state index contributed by atoms with van der Waals surface area (Å²) in [5, 5.41) is 0. The second kappa shape index (κ2) is 7.81. The third-order valence-electron chi connectivity index (χ3n) is 4.62. The van der Waals surface area contributed by atoms with Gasteiger partial charge < -0.3 is 9.47 Å². The van der Waals surface area contributed by atoms with Gasteiger partial charge in [-0.05, 0) is 42.7 Å². The van der Waals surface area contributed by atoms with Crippen LogP contribution < -0.4 is 0 Å². The van der Waals surface area contributed by atoms with E-state index >= 15 is 0 Å². The number of carbonyl (C=O) groups excluding carboxylic acids is 1. The number of esters is 1. The molecule has 1 fully saturated rings. The molecule has 132 valence electrons. The number of hydrogen-bond donors (Lipinski definition) is 0. The minimum Gasteiger partial charge on any atom is -0.465 e. The predicted octanol–water partition coefficient (Wildman–Crippen LogP) is 3.74. The van der Waals surface area contributed by atoms with Crippen molar-refractivity contribution in [2.75, 3.05) is 20.2 Å². The zero-order valence-electron chi connectivity index (χ0n) is 15.1. The van der Waals surface area contributed by atoms with Crippen LogP contribution in [-0.2, 0) is 16.0 Å². The van der Waals surface area contributed by atoms with Gasteiger partial charge in [0, 0.05) is 19.6 Å². The number of nitrogens with zero attached hydrogens (tertiary/aromatic N) is 1. The third kappa shape index (κ3) is 4.27. The first kappa shape index (κ1) is 17.6. The van der Waals surface area contributed by atoms with Crippen LogP contribution in [0.3, 0.4) is 0 Å². The molecule has 0 radical (unpaired) electrons. The van der Waals surface area contributed by atoms with Crippen molar-refractivity contribution in [2.24, 2.45) is 0 Å². The molecule has 4 nitrogen and oxygen atoms in total. The number of ether oxygens (including phenoxy) is 2. The molecule has 4 heteroatoms. The highest BCUT2D eigenvalue weighted by atomic mass is 16.5. The van der Waals surface area contributed by atoms with Gasteiger partial charge >= 0.3 is 5.97 Å². The number of benzene rings is 2. The minimum absolute atomic E-state index is 0.0131. The van der Waals surface area contributed by atoms with Crippen LogP contribution in [0.2, 0.25) is 0 Å². The minimum atomic E-state index is -0.307. The molecule has 0 amide bonds. The molecule has 1 saturated heterocycles. The second-order valence-corrected chi connectivity index (χ2v) is 6.68. The highest BCUT2D eigenvalue weighted by molar-refractivity contribution is 5.89. The van der Waals surface area contributed by atoms with Crippen molar-refractivity contribution in [1.82, 2.24) is 4.90 Å². The zero-order valence-corrected chi connectivity index (χ0v) is 15.1. The largest absolute Gasteiger partial charge is 0.465 e. The quantitative estimate of drug-likeness (QED) is 0.796. The Kier molecular flexibility index (Phi) is 5.51. The molecular weight excluding hydrogens is 314 g/mol. The molecule has 0 unspecified atom stereocenters. The van der Waals surface area contributed by atoms with Crippen molar-refractivity contribution < 1.29 is 14.3 Å². The fourth-order valence-electron chi connectivity index (χ4n) is 3.46. The van der Waals surface area contributed by atoms with Gasteiger partial charge in [0.25, 0.3) is 0 Å². The van der Waals surface area contributed by atoms with Crippen molar-refractivity contribution in [2.45, 2.75) is 32.6 Å². The van der Waals surface area contributed by atoms with Crippen LogP contribution in [0.15, 0.2) is 48.5 Å². The normalized spacial score (nSPS) is 21.1. The van der Waals surface area contributed by atoms with Gasteiger partial charge in [-0.2, -0.15) is 0 Å².